The van der Waals surface area contributed by atoms with Gasteiger partial charge in [0.25, 0.3) is 11.8 Å². The first-order chi connectivity index (χ1) is 20.3. The lowest BCUT2D eigenvalue weighted by Gasteiger charge is -2.26. The van der Waals surface area contributed by atoms with Crippen LogP contribution in [-0.4, -0.2) is 84.5 Å². The summed E-state index contributed by atoms with van der Waals surface area (Å²) in [4.78, 5) is 76.5. The first-order valence-electron chi connectivity index (χ1n) is 13.8. The average Bonchev–Trinajstić information content (AvgIpc) is 3.02. The third-order valence-corrected chi connectivity index (χ3v) is 6.79. The van der Waals surface area contributed by atoms with Gasteiger partial charge in [0.05, 0.1) is 13.2 Å². The van der Waals surface area contributed by atoms with Crippen molar-refractivity contribution in [1.82, 2.24) is 9.80 Å². The number of hydrogen-bond donors (Lipinski definition) is 0. The Bertz CT molecular complexity index is 1230. The molecule has 11 heteroatoms. The fraction of sp³-hybridized carbons (Fsp3) is 0.355. The summed E-state index contributed by atoms with van der Waals surface area (Å²) in [6.45, 7) is 2.80. The molecule has 2 saturated heterocycles. The van der Waals surface area contributed by atoms with Crippen molar-refractivity contribution in [2.24, 2.45) is 0 Å². The predicted molar refractivity (Wildman–Crippen MR) is 149 cm³/mol. The number of carbonyl (C=O) groups is 6. The molecule has 2 amide bonds. The smallest absolute Gasteiger partial charge is 0.336 e. The van der Waals surface area contributed by atoms with Crippen LogP contribution >= 0.6 is 0 Å². The van der Waals surface area contributed by atoms with E-state index in [1.807, 2.05) is 0 Å². The minimum absolute atomic E-state index is 0.0425. The van der Waals surface area contributed by atoms with Gasteiger partial charge in [-0.05, 0) is 54.7 Å². The minimum Gasteiger partial charge on any atom is -0.423 e. The highest BCUT2D eigenvalue weighted by atomic mass is 16.5. The lowest BCUT2D eigenvalue weighted by molar-refractivity contribution is -0.147. The first-order valence-corrected chi connectivity index (χ1v) is 13.8. The van der Waals surface area contributed by atoms with Gasteiger partial charge in [0.1, 0.15) is 11.5 Å². The van der Waals surface area contributed by atoms with Crippen molar-refractivity contribution < 1.29 is 43.0 Å². The Balaban J connectivity index is 1.19. The Morgan fingerprint density at radius 1 is 0.595 bits per heavy atom. The molecule has 0 unspecified atom stereocenters. The summed E-state index contributed by atoms with van der Waals surface area (Å²) in [5, 5.41) is 0. The predicted octanol–water partition coefficient (Wildman–Crippen LogP) is 1.85. The van der Waals surface area contributed by atoms with Gasteiger partial charge >= 0.3 is 11.9 Å². The average molecular weight is 577 g/mol. The van der Waals surface area contributed by atoms with Gasteiger partial charge in [0, 0.05) is 51.2 Å². The SMILES string of the molecule is O=C(/C=C/C(=O)Oc1ccc(CC(=O)C(=O)N2CCOCC2)cc1)Oc1ccc(CC(=O)C(=O)N2CCCCC2)cc1. The van der Waals surface area contributed by atoms with Crippen LogP contribution in [-0.2, 0) is 46.3 Å². The molecule has 2 aliphatic rings. The van der Waals surface area contributed by atoms with Gasteiger partial charge in [-0.3, -0.25) is 19.2 Å². The Morgan fingerprint density at radius 3 is 1.43 bits per heavy atom. The fourth-order valence-corrected chi connectivity index (χ4v) is 4.53. The molecule has 0 bridgehead atoms. The number of hydrogen-bond acceptors (Lipinski definition) is 9. The highest BCUT2D eigenvalue weighted by Gasteiger charge is 2.24. The number of ketones is 2. The van der Waals surface area contributed by atoms with E-state index in [0.717, 1.165) is 31.4 Å². The Kier molecular flexibility index (Phi) is 10.7. The second kappa shape index (κ2) is 14.8. The number of benzene rings is 2. The van der Waals surface area contributed by atoms with Gasteiger partial charge < -0.3 is 24.0 Å². The molecule has 2 aromatic carbocycles. The molecule has 2 aliphatic heterocycles. The lowest BCUT2D eigenvalue weighted by atomic mass is 10.1. The molecule has 0 saturated carbocycles. The number of carbonyl (C=O) groups excluding carboxylic acids is 6. The van der Waals surface area contributed by atoms with E-state index in [1.54, 1.807) is 29.2 Å². The highest BCUT2D eigenvalue weighted by molar-refractivity contribution is 6.37. The van der Waals surface area contributed by atoms with Crippen LogP contribution in [0.25, 0.3) is 0 Å². The topological polar surface area (TPSA) is 137 Å². The summed E-state index contributed by atoms with van der Waals surface area (Å²) in [7, 11) is 0. The second-order valence-electron chi connectivity index (χ2n) is 9.92. The normalized spacial score (nSPS) is 15.2. The molecule has 0 N–H and O–H groups in total. The van der Waals surface area contributed by atoms with E-state index in [-0.39, 0.29) is 24.3 Å². The molecule has 0 aromatic heterocycles. The summed E-state index contributed by atoms with van der Waals surface area (Å²) in [6.07, 6.45) is 4.59. The molecule has 0 atom stereocenters. The number of piperidine rings is 1. The summed E-state index contributed by atoms with van der Waals surface area (Å²) in [5.41, 5.74) is 1.20. The van der Waals surface area contributed by atoms with E-state index < -0.39 is 35.3 Å². The highest BCUT2D eigenvalue weighted by Crippen LogP contribution is 2.16. The Labute approximate surface area is 243 Å². The molecule has 0 spiro atoms. The van der Waals surface area contributed by atoms with E-state index in [2.05, 4.69) is 0 Å². The van der Waals surface area contributed by atoms with E-state index in [1.165, 1.54) is 29.2 Å². The van der Waals surface area contributed by atoms with Crippen LogP contribution in [0.15, 0.2) is 60.7 Å². The van der Waals surface area contributed by atoms with Crippen LogP contribution in [0.2, 0.25) is 0 Å². The van der Waals surface area contributed by atoms with E-state index in [4.69, 9.17) is 14.2 Å². The van der Waals surface area contributed by atoms with Crippen LogP contribution in [0.4, 0.5) is 0 Å². The lowest BCUT2D eigenvalue weighted by Crippen LogP contribution is -2.44. The second-order valence-corrected chi connectivity index (χ2v) is 9.92. The van der Waals surface area contributed by atoms with Crippen LogP contribution in [0.5, 0.6) is 11.5 Å². The van der Waals surface area contributed by atoms with Crippen molar-refractivity contribution in [2.75, 3.05) is 39.4 Å². The van der Waals surface area contributed by atoms with Crippen molar-refractivity contribution in [3.8, 4) is 11.5 Å². The van der Waals surface area contributed by atoms with E-state index >= 15 is 0 Å². The number of amides is 2. The van der Waals surface area contributed by atoms with E-state index in [9.17, 15) is 28.8 Å². The van der Waals surface area contributed by atoms with Crippen molar-refractivity contribution in [3.63, 3.8) is 0 Å². The van der Waals surface area contributed by atoms with E-state index in [0.29, 0.717) is 50.5 Å². The van der Waals surface area contributed by atoms with Crippen LogP contribution in [0, 0.1) is 0 Å². The quantitative estimate of drug-likeness (QED) is 0.180. The number of ether oxygens (including phenoxy) is 3. The minimum atomic E-state index is -0.814. The van der Waals surface area contributed by atoms with Crippen molar-refractivity contribution in [3.05, 3.63) is 71.8 Å². The molecular formula is C31H32N2O9. The van der Waals surface area contributed by atoms with Crippen LogP contribution < -0.4 is 9.47 Å². The van der Waals surface area contributed by atoms with Gasteiger partial charge in [0.2, 0.25) is 11.6 Å². The molecule has 2 heterocycles. The monoisotopic (exact) mass is 576 g/mol. The Morgan fingerprint density at radius 2 is 1.00 bits per heavy atom. The van der Waals surface area contributed by atoms with Crippen LogP contribution in [0.3, 0.4) is 0 Å². The molecule has 42 heavy (non-hydrogen) atoms. The molecule has 2 aromatic rings. The van der Waals surface area contributed by atoms with Crippen LogP contribution in [0.1, 0.15) is 30.4 Å². The van der Waals surface area contributed by atoms with Gasteiger partial charge in [-0.25, -0.2) is 9.59 Å². The fourth-order valence-electron chi connectivity index (χ4n) is 4.53. The maximum Gasteiger partial charge on any atom is 0.336 e. The van der Waals surface area contributed by atoms with Gasteiger partial charge in [-0.15, -0.1) is 0 Å². The van der Waals surface area contributed by atoms with Gasteiger partial charge in [-0.2, -0.15) is 0 Å². The summed E-state index contributed by atoms with van der Waals surface area (Å²) >= 11 is 0. The third kappa shape index (κ3) is 8.93. The Hall–Kier alpha value is -4.64. The molecule has 220 valence electrons. The molecule has 0 aliphatic carbocycles. The number of rotatable bonds is 10. The van der Waals surface area contributed by atoms with Crippen molar-refractivity contribution in [1.29, 1.82) is 0 Å². The molecule has 0 radical (unpaired) electrons. The summed E-state index contributed by atoms with van der Waals surface area (Å²) < 4.78 is 15.5. The molecular weight excluding hydrogens is 544 g/mol. The van der Waals surface area contributed by atoms with Crippen molar-refractivity contribution in [2.45, 2.75) is 32.1 Å². The number of esters is 2. The van der Waals surface area contributed by atoms with Gasteiger partial charge in [0.15, 0.2) is 0 Å². The van der Waals surface area contributed by atoms with Crippen molar-refractivity contribution >= 4 is 35.3 Å². The number of morpholine rings is 1. The molecule has 2 fully saturated rings. The zero-order valence-corrected chi connectivity index (χ0v) is 23.1. The maximum atomic E-state index is 12.3. The third-order valence-electron chi connectivity index (χ3n) is 6.79. The standard InChI is InChI=1S/C31H32N2O9/c34-26(30(38)32-14-2-1-3-15-32)20-22-4-8-24(9-5-22)41-28(36)12-13-29(37)42-25-10-6-23(7-11-25)21-27(35)31(39)33-16-18-40-19-17-33/h4-13H,1-3,14-21H2/b13-12+. The zero-order chi connectivity index (χ0) is 29.9. The summed E-state index contributed by atoms with van der Waals surface area (Å²) in [6, 6.07) is 12.3. The van der Waals surface area contributed by atoms with Gasteiger partial charge in [-0.1, -0.05) is 24.3 Å². The zero-order valence-electron chi connectivity index (χ0n) is 23.1. The molecule has 11 nitrogen and oxygen atoms in total. The first kappa shape index (κ1) is 30.3. The maximum absolute atomic E-state index is 12.3. The number of likely N-dealkylation sites (tertiary alicyclic amines) is 1. The largest absolute Gasteiger partial charge is 0.423 e. The summed E-state index contributed by atoms with van der Waals surface area (Å²) in [5.74, 6) is -3.26. The number of nitrogens with zero attached hydrogens (tertiary/aromatic N) is 2. The number of Topliss-reactive ketones (excluding diaryl/α,β-unsaturated/α-hetero) is 2. The molecule has 4 rings (SSSR count).